The highest BCUT2D eigenvalue weighted by molar-refractivity contribution is 8.05. The number of imide groups is 2. The van der Waals surface area contributed by atoms with Gasteiger partial charge in [-0.15, -0.1) is 0 Å². The predicted molar refractivity (Wildman–Crippen MR) is 563 cm³/mol. The van der Waals surface area contributed by atoms with E-state index in [-0.39, 0.29) is 147 Å². The molecule has 31 heteroatoms. The van der Waals surface area contributed by atoms with Crippen molar-refractivity contribution >= 4 is 114 Å². The second-order valence-corrected chi connectivity index (χ2v) is 58.4. The first kappa shape index (κ1) is 123. The Morgan fingerprint density at radius 2 is 1.05 bits per heavy atom. The first-order chi connectivity index (χ1) is 61.4. The van der Waals surface area contributed by atoms with E-state index < -0.39 is 41.4 Å². The number of allylic oxidation sites excluding steroid dienone is 1. The second-order valence-electron chi connectivity index (χ2n) is 51.1. The van der Waals surface area contributed by atoms with Crippen LogP contribution in [-0.2, 0) is 83.9 Å². The largest absolute Gasteiger partial charge is 0.502 e. The minimum Gasteiger partial charge on any atom is -0.502 e. The molecule has 1 aromatic carbocycles. The van der Waals surface area contributed by atoms with Crippen molar-refractivity contribution in [3.63, 3.8) is 0 Å². The van der Waals surface area contributed by atoms with Gasteiger partial charge in [0.25, 0.3) is 11.5 Å². The Bertz CT molecular complexity index is 4940. The van der Waals surface area contributed by atoms with Gasteiger partial charge in [-0.3, -0.25) is 77.3 Å². The molecule has 10 heterocycles. The van der Waals surface area contributed by atoms with E-state index in [9.17, 15) is 66.3 Å². The fourth-order valence-corrected chi connectivity index (χ4v) is 24.1. The standard InChI is InChI=1S/C15H19NO.C12H21NO2S.C12H21NO2.2C10H17NO2.C10H17NOS.C10H17NO.C9H14N2O2.C9H17NO2S.C9H15NOS/c1-15(2,3)10-9-14-16-11-13(17-14)12-7-5-4-6-8-12;1-12(2,3)7-9-8-16(4,15)13(11(9)14)10-5-6-10;1-6-13-9(14)7-12(5,10(13)15)8-11(2,3)4;1-9(2,3)6-10(4)5-7(12)11-8(10)13;2*1-7-11-8(12)10(5,13-7)6-9(2,3)4;1-7-5-8(9(12)11-7)6-10(2,3)4;1-5-10-7(9(2,3)4)6(12)8(13)11-5;1-9(2,3)5-7-6-13(4,12)10-8(7)11;1-6-10-8(11)7(12-6)5-9(2,3)4/h4-8,11H,9-10H2,1-3H3;9-10H,4-8H2,1-3H3;6-8H2,1-5H3;5-6H2,1-4H3,(H,11,12,13);2*1,6H2,2-5H3,(H,11,12);8H,1,5-6H2,2-4H3,(H,11,12);12H,1-4H3,(H,10,11,13);7H,4-6H2,1-3H3,(H,10,11,12);7H,1,5H2,2-4H3,(H,10,11). The number of likely N-dealkylation sites (tertiary alicyclic amines) is 1. The number of benzene rings is 1. The Balaban J connectivity index is 0.000000393. The van der Waals surface area contributed by atoms with Gasteiger partial charge < -0.3 is 35.2 Å². The maximum atomic E-state index is 12.3. The molecule has 9 fully saturated rings. The number of carbonyl (C=O) groups excluding carboxylic acids is 10. The molecule has 1 saturated carbocycles. The molecule has 0 spiro atoms. The fraction of sp³-hybridized carbons (Fsp3) is 0.689. The summed E-state index contributed by atoms with van der Waals surface area (Å²) < 4.78 is 38.6. The van der Waals surface area contributed by atoms with Crippen molar-refractivity contribution in [2.24, 2.45) is 77.3 Å². The van der Waals surface area contributed by atoms with Gasteiger partial charge in [-0.05, 0) is 165 Å². The lowest BCUT2D eigenvalue weighted by Crippen LogP contribution is -2.39. The van der Waals surface area contributed by atoms with Crippen LogP contribution in [0.4, 0.5) is 0 Å². The van der Waals surface area contributed by atoms with Gasteiger partial charge in [0.05, 0.1) is 64.3 Å². The van der Waals surface area contributed by atoms with Gasteiger partial charge in [0, 0.05) is 82.1 Å². The summed E-state index contributed by atoms with van der Waals surface area (Å²) in [7, 11) is -4.63. The third-order valence-electron chi connectivity index (χ3n) is 22.2. The van der Waals surface area contributed by atoms with Crippen LogP contribution in [0.15, 0.2) is 93.7 Å². The van der Waals surface area contributed by atoms with E-state index in [1.54, 1.807) is 41.7 Å². The molecular weight excluding hydrogens is 1810 g/mol. The van der Waals surface area contributed by atoms with Crippen molar-refractivity contribution in [2.45, 2.75) is 373 Å². The number of aromatic hydroxyl groups is 1. The molecule has 8 saturated heterocycles. The lowest BCUT2D eigenvalue weighted by atomic mass is 9.74. The zero-order valence-electron chi connectivity index (χ0n) is 90.3. The average molecular weight is 1990 g/mol. The number of hydrogen-bond acceptors (Lipinski definition) is 20. The van der Waals surface area contributed by atoms with E-state index in [2.05, 4.69) is 271 Å². The molecule has 12 rings (SSSR count). The van der Waals surface area contributed by atoms with Gasteiger partial charge >= 0.3 is 0 Å². The Morgan fingerprint density at radius 1 is 0.547 bits per heavy atom. The summed E-state index contributed by atoms with van der Waals surface area (Å²) in [6.07, 6.45) is 13.8. The molecule has 10 unspecified atom stereocenters. The lowest BCUT2D eigenvalue weighted by molar-refractivity contribution is -0.141. The zero-order chi connectivity index (χ0) is 106. The minimum atomic E-state index is -2.32. The number of thioether (sulfide) groups is 2. The summed E-state index contributed by atoms with van der Waals surface area (Å²) in [6.45, 7) is 89.4. The van der Waals surface area contributed by atoms with Crippen LogP contribution >= 0.6 is 23.5 Å². The molecule has 3 aromatic rings. The second kappa shape index (κ2) is 47.1. The van der Waals surface area contributed by atoms with Crippen LogP contribution in [-0.4, -0.2) is 148 Å². The highest BCUT2D eigenvalue weighted by Crippen LogP contribution is 2.47. The molecule has 10 atom stereocenters. The number of rotatable bonds is 13. The summed E-state index contributed by atoms with van der Waals surface area (Å²) in [5.74, 6) is 10.3. The molecule has 137 heavy (non-hydrogen) atoms. The SMILES string of the molecule is C=C1CC(CC(C)(C)C)C(=O)N1.C=C1NC(=O)C(C)(CC(C)(C)C)O1.C=C1NC(=O)C(C)(CC(C)(C)C)S1.C=C1NC(=O)C(CC(C)(C)C)S1.C=S1(=O)CC(CC(C)(C)C)C(=O)N1.C=S1(=O)CC(CC(C)(C)C)C(=O)N1C1CC1.CC(C)(C)CC1(C)CC(=O)NC1=O.CC(C)(C)CCc1ncc(-c2ccccc2)o1.CCN1C(=O)CC(C)(CC(C)(C)C)C1=O.Cc1nc(C(C)(C)C)c(O)c(=O)[nH]1. The molecule has 774 valence electrons. The van der Waals surface area contributed by atoms with Crippen LogP contribution < -0.4 is 36.9 Å². The number of amides is 10. The van der Waals surface area contributed by atoms with Gasteiger partial charge in [-0.1, -0.05) is 295 Å². The molecule has 9 aliphatic rings. The van der Waals surface area contributed by atoms with Crippen LogP contribution in [0.25, 0.3) is 11.3 Å². The number of nitrogens with one attached hydrogen (secondary N) is 7. The van der Waals surface area contributed by atoms with Crippen LogP contribution in [0.1, 0.15) is 350 Å². The van der Waals surface area contributed by atoms with Gasteiger partial charge in [0.2, 0.25) is 58.9 Å². The summed E-state index contributed by atoms with van der Waals surface area (Å²) in [6, 6.07) is 10.3. The third kappa shape index (κ3) is 43.8. The van der Waals surface area contributed by atoms with Crippen molar-refractivity contribution in [3.8, 4) is 17.1 Å². The maximum absolute atomic E-state index is 12.3. The highest BCUT2D eigenvalue weighted by atomic mass is 32.2. The Morgan fingerprint density at radius 3 is 1.44 bits per heavy atom. The highest BCUT2D eigenvalue weighted by Gasteiger charge is 2.52. The first-order valence-corrected chi connectivity index (χ1v) is 53.2. The van der Waals surface area contributed by atoms with Gasteiger partial charge in [0.1, 0.15) is 5.82 Å². The number of H-pyrrole nitrogens is 1. The number of carbonyl (C=O) groups is 10. The molecule has 0 radical (unpaired) electrons. The Labute approximate surface area is 831 Å². The van der Waals surface area contributed by atoms with E-state index in [1.807, 2.05) is 85.0 Å². The number of nitrogens with zero attached hydrogens (tertiary/aromatic N) is 4. The molecule has 2 aromatic heterocycles. The molecule has 8 N–H and O–H groups in total. The van der Waals surface area contributed by atoms with Gasteiger partial charge in [0.15, 0.2) is 23.1 Å². The van der Waals surface area contributed by atoms with E-state index in [0.717, 1.165) is 110 Å². The summed E-state index contributed by atoms with van der Waals surface area (Å²) >= 11 is 3.09. The molecule has 8 aliphatic heterocycles. The van der Waals surface area contributed by atoms with Crippen molar-refractivity contribution in [1.82, 2.24) is 55.5 Å². The maximum Gasteiger partial charge on any atom is 0.293 e. The topological polar surface area (TPSA) is 385 Å². The number of aryl methyl sites for hydroxylation is 2. The van der Waals surface area contributed by atoms with Crippen LogP contribution in [0.3, 0.4) is 0 Å². The minimum absolute atomic E-state index is 0.00456. The molecule has 0 bridgehead atoms. The fourth-order valence-electron chi connectivity index (χ4n) is 17.7. The molecule has 27 nitrogen and oxygen atoms in total. The van der Waals surface area contributed by atoms with Gasteiger partial charge in [-0.2, -0.15) is 0 Å². The summed E-state index contributed by atoms with van der Waals surface area (Å²) in [4.78, 5) is 139. The smallest absolute Gasteiger partial charge is 0.293 e. The van der Waals surface area contributed by atoms with E-state index in [0.29, 0.717) is 60.1 Å². The van der Waals surface area contributed by atoms with Crippen molar-refractivity contribution in [2.75, 3.05) is 18.1 Å². The quantitative estimate of drug-likeness (QED) is 0.0582. The molecular formula is C106H175N11O16S4. The lowest BCUT2D eigenvalue weighted by Gasteiger charge is -2.29. The summed E-state index contributed by atoms with van der Waals surface area (Å²) in [5, 5.41) is 24.2. The molecule has 10 amide bonds. The number of ether oxygens (including phenoxy) is 1. The van der Waals surface area contributed by atoms with E-state index >= 15 is 0 Å². The zero-order valence-corrected chi connectivity index (χ0v) is 93.6. The molecule has 1 aliphatic carbocycles. The van der Waals surface area contributed by atoms with Crippen LogP contribution in [0.2, 0.25) is 0 Å². The monoisotopic (exact) mass is 1990 g/mol. The summed E-state index contributed by atoms with van der Waals surface area (Å²) in [5.41, 5.74) is 1.25. The predicted octanol–water partition coefficient (Wildman–Crippen LogP) is 20.1. The number of aromatic nitrogens is 3. The number of hydrogen-bond donors (Lipinski definition) is 8. The number of aromatic amines is 1. The first-order valence-electron chi connectivity index (χ1n) is 47.8. The Kier molecular flexibility index (Phi) is 42.2. The van der Waals surface area contributed by atoms with E-state index in [4.69, 9.17) is 9.15 Å². The normalized spacial score (nSPS) is 25.6. The van der Waals surface area contributed by atoms with Crippen LogP contribution in [0, 0.1) is 84.2 Å². The van der Waals surface area contributed by atoms with Crippen molar-refractivity contribution in [3.05, 3.63) is 112 Å². The van der Waals surface area contributed by atoms with Crippen molar-refractivity contribution in [1.29, 1.82) is 0 Å². The average Bonchev–Trinajstić information content (AvgIpc) is 1.59. The van der Waals surface area contributed by atoms with Crippen molar-refractivity contribution < 1.29 is 70.6 Å². The van der Waals surface area contributed by atoms with E-state index in [1.165, 1.54) is 4.90 Å². The van der Waals surface area contributed by atoms with Crippen LogP contribution in [0.5, 0.6) is 5.75 Å². The third-order valence-corrected chi connectivity index (χ3v) is 28.0. The number of oxazole rings is 1. The van der Waals surface area contributed by atoms with Gasteiger partial charge in [-0.25, -0.2) is 18.4 Å². The Hall–Kier alpha value is -8.29.